The van der Waals surface area contributed by atoms with E-state index in [1.54, 1.807) is 18.2 Å². The number of rotatable bonds is 11. The number of nitrogens with zero attached hydrogens (tertiary/aromatic N) is 2. The minimum atomic E-state index is -3.37. The molecule has 2 rings (SSSR count). The molecule has 1 heterocycles. The summed E-state index contributed by atoms with van der Waals surface area (Å²) in [6, 6.07) is 5.68. The van der Waals surface area contributed by atoms with Crippen LogP contribution in [-0.2, 0) is 26.6 Å². The summed E-state index contributed by atoms with van der Waals surface area (Å²) in [6.45, 7) is 10.0. The highest BCUT2D eigenvalue weighted by molar-refractivity contribution is 7.92. The summed E-state index contributed by atoms with van der Waals surface area (Å²) >= 11 is 13.2. The molecule has 1 aromatic carbocycles. The molecule has 0 unspecified atom stereocenters. The molecular weight excluding hydrogens is 515 g/mol. The number of aromatic nitrogens is 1. The highest BCUT2D eigenvalue weighted by Crippen LogP contribution is 2.38. The number of benzene rings is 1. The van der Waals surface area contributed by atoms with Crippen molar-refractivity contribution in [2.24, 2.45) is 0 Å². The Bertz CT molecular complexity index is 1260. The first kappa shape index (κ1) is 27.9. The molecule has 0 aliphatic carbocycles. The monoisotopic (exact) mass is 540 g/mol. The number of nitriles is 1. The summed E-state index contributed by atoms with van der Waals surface area (Å²) in [6.07, 6.45) is 6.31. The Morgan fingerprint density at radius 1 is 1.35 bits per heavy atom. The molecule has 0 atom stereocenters. The van der Waals surface area contributed by atoms with Gasteiger partial charge in [-0.2, -0.15) is 5.26 Å². The van der Waals surface area contributed by atoms with Crippen molar-refractivity contribution < 1.29 is 17.9 Å². The van der Waals surface area contributed by atoms with Crippen LogP contribution in [0.2, 0.25) is 5.02 Å². The van der Waals surface area contributed by atoms with Crippen molar-refractivity contribution in [2.45, 2.75) is 37.0 Å². The number of allylic oxidation sites excluding steroid dienone is 4. The van der Waals surface area contributed by atoms with E-state index in [4.69, 9.17) is 32.7 Å². The lowest BCUT2D eigenvalue weighted by Crippen LogP contribution is -2.19. The highest BCUT2D eigenvalue weighted by atomic mass is 35.5. The number of hydrogen-bond donors (Lipinski definition) is 0. The van der Waals surface area contributed by atoms with Crippen LogP contribution in [0.3, 0.4) is 0 Å². The molecule has 0 saturated heterocycles. The molecular formula is C24H26Cl2N2O4S2. The van der Waals surface area contributed by atoms with Crippen LogP contribution in [0.25, 0.3) is 0 Å². The maximum Gasteiger partial charge on any atom is 0.186 e. The molecule has 10 heteroatoms. The lowest BCUT2D eigenvalue weighted by molar-refractivity contribution is 0.206. The number of ether oxygens (including phenoxy) is 2. The summed E-state index contributed by atoms with van der Waals surface area (Å²) in [5.41, 5.74) is 3.51. The SMILES string of the molecule is C=C/C(=C\C=C(/C)C(C)(C)c1cc(Cl)c(OCCCl)c(C#N)c1)OCc1ncsc1S(C)(=O)=O. The molecule has 0 bridgehead atoms. The van der Waals surface area contributed by atoms with Gasteiger partial charge in [0.15, 0.2) is 15.6 Å². The third-order valence-corrected chi connectivity index (χ3v) is 8.41. The fourth-order valence-corrected chi connectivity index (χ4v) is 5.19. The molecule has 0 aliphatic heterocycles. The first-order chi connectivity index (χ1) is 15.9. The minimum Gasteiger partial charge on any atom is -0.489 e. The fourth-order valence-electron chi connectivity index (χ4n) is 2.95. The Morgan fingerprint density at radius 2 is 2.06 bits per heavy atom. The Hall–Kier alpha value is -2.31. The Balaban J connectivity index is 2.28. The van der Waals surface area contributed by atoms with Gasteiger partial charge in [0.25, 0.3) is 0 Å². The number of sulfone groups is 1. The number of hydrogen-bond acceptors (Lipinski definition) is 7. The molecule has 34 heavy (non-hydrogen) atoms. The molecule has 0 spiro atoms. The summed E-state index contributed by atoms with van der Waals surface area (Å²) in [7, 11) is -3.37. The van der Waals surface area contributed by atoms with Gasteiger partial charge in [-0.05, 0) is 36.8 Å². The summed E-state index contributed by atoms with van der Waals surface area (Å²) in [4.78, 5) is 4.09. The van der Waals surface area contributed by atoms with Gasteiger partial charge in [-0.1, -0.05) is 43.7 Å². The van der Waals surface area contributed by atoms with Gasteiger partial charge in [0.05, 0.1) is 22.0 Å². The average molecular weight is 542 g/mol. The summed E-state index contributed by atoms with van der Waals surface area (Å²) in [5, 5.41) is 9.91. The predicted octanol–water partition coefficient (Wildman–Crippen LogP) is 6.20. The molecule has 0 radical (unpaired) electrons. The third-order valence-electron chi connectivity index (χ3n) is 5.21. The van der Waals surface area contributed by atoms with E-state index < -0.39 is 15.3 Å². The van der Waals surface area contributed by atoms with Crippen LogP contribution in [0.5, 0.6) is 5.75 Å². The highest BCUT2D eigenvalue weighted by Gasteiger charge is 2.25. The standard InChI is InChI=1S/C24H26Cl2N2O4S2/c1-6-19(32-14-21-23(33-15-28-21)34(5,29)30)8-7-16(2)24(3,4)18-11-17(13-27)22(20(26)12-18)31-10-9-25/h6-8,11-12,15H,1,9-10,14H2,2-5H3/b16-7+,19-8+. The topological polar surface area (TPSA) is 89.3 Å². The van der Waals surface area contributed by atoms with E-state index in [1.807, 2.05) is 26.8 Å². The van der Waals surface area contributed by atoms with Crippen molar-refractivity contribution in [3.8, 4) is 11.8 Å². The van der Waals surface area contributed by atoms with Gasteiger partial charge < -0.3 is 9.47 Å². The van der Waals surface area contributed by atoms with E-state index in [0.717, 1.165) is 28.7 Å². The smallest absolute Gasteiger partial charge is 0.186 e. The first-order valence-corrected chi connectivity index (χ1v) is 13.8. The van der Waals surface area contributed by atoms with Gasteiger partial charge in [-0.15, -0.1) is 22.9 Å². The summed E-state index contributed by atoms with van der Waals surface area (Å²) in [5.74, 6) is 1.07. The van der Waals surface area contributed by atoms with Crippen molar-refractivity contribution in [3.05, 3.63) is 75.6 Å². The Labute approximate surface area is 215 Å². The van der Waals surface area contributed by atoms with Crippen LogP contribution < -0.4 is 4.74 Å². The first-order valence-electron chi connectivity index (χ1n) is 10.1. The zero-order valence-corrected chi connectivity index (χ0v) is 22.5. The van der Waals surface area contributed by atoms with Crippen LogP contribution in [0.15, 0.2) is 58.0 Å². The van der Waals surface area contributed by atoms with Crippen molar-refractivity contribution in [3.63, 3.8) is 0 Å². The Morgan fingerprint density at radius 3 is 2.65 bits per heavy atom. The minimum absolute atomic E-state index is 0.00490. The van der Waals surface area contributed by atoms with Gasteiger partial charge in [0, 0.05) is 11.7 Å². The van der Waals surface area contributed by atoms with Crippen LogP contribution in [0.1, 0.15) is 37.6 Å². The van der Waals surface area contributed by atoms with Gasteiger partial charge in [0.1, 0.15) is 34.9 Å². The normalized spacial score (nSPS) is 12.9. The molecule has 6 nitrogen and oxygen atoms in total. The van der Waals surface area contributed by atoms with Crippen molar-refractivity contribution >= 4 is 44.4 Å². The second-order valence-corrected chi connectivity index (χ2v) is 11.7. The van der Waals surface area contributed by atoms with Crippen LogP contribution in [0.4, 0.5) is 0 Å². The fraction of sp³-hybridized carbons (Fsp3) is 0.333. The van der Waals surface area contributed by atoms with Crippen molar-refractivity contribution in [1.29, 1.82) is 5.26 Å². The van der Waals surface area contributed by atoms with Crippen LogP contribution in [-0.4, -0.2) is 32.1 Å². The molecule has 1 aromatic heterocycles. The molecule has 0 saturated carbocycles. The zero-order valence-electron chi connectivity index (χ0n) is 19.4. The predicted molar refractivity (Wildman–Crippen MR) is 137 cm³/mol. The number of alkyl halides is 1. The van der Waals surface area contributed by atoms with E-state index in [2.05, 4.69) is 17.6 Å². The average Bonchev–Trinajstić information content (AvgIpc) is 3.27. The Kier molecular flexibility index (Phi) is 9.77. The van der Waals surface area contributed by atoms with E-state index >= 15 is 0 Å². The van der Waals surface area contributed by atoms with Crippen LogP contribution >= 0.6 is 34.5 Å². The van der Waals surface area contributed by atoms with E-state index in [9.17, 15) is 13.7 Å². The second kappa shape index (κ2) is 11.9. The van der Waals surface area contributed by atoms with Gasteiger partial charge in [-0.3, -0.25) is 0 Å². The quantitative estimate of drug-likeness (QED) is 0.191. The molecule has 0 aliphatic rings. The largest absolute Gasteiger partial charge is 0.489 e. The van der Waals surface area contributed by atoms with Crippen molar-refractivity contribution in [1.82, 2.24) is 4.98 Å². The summed E-state index contributed by atoms with van der Waals surface area (Å²) < 4.78 is 35.2. The lowest BCUT2D eigenvalue weighted by atomic mass is 9.77. The molecule has 0 fully saturated rings. The lowest BCUT2D eigenvalue weighted by Gasteiger charge is -2.27. The van der Waals surface area contributed by atoms with Gasteiger partial charge in [-0.25, -0.2) is 13.4 Å². The maximum atomic E-state index is 11.9. The number of halogens is 2. The van der Waals surface area contributed by atoms with E-state index in [0.29, 0.717) is 27.8 Å². The van der Waals surface area contributed by atoms with Crippen molar-refractivity contribution in [2.75, 3.05) is 18.7 Å². The van der Waals surface area contributed by atoms with Gasteiger partial charge in [0.2, 0.25) is 0 Å². The zero-order chi connectivity index (χ0) is 25.5. The third kappa shape index (κ3) is 6.86. The molecule has 0 N–H and O–H groups in total. The maximum absolute atomic E-state index is 11.9. The molecule has 182 valence electrons. The van der Waals surface area contributed by atoms with Gasteiger partial charge >= 0.3 is 0 Å². The molecule has 0 amide bonds. The van der Waals surface area contributed by atoms with Crippen LogP contribution in [0, 0.1) is 11.3 Å². The van der Waals surface area contributed by atoms with E-state index in [1.165, 1.54) is 11.6 Å². The second-order valence-electron chi connectivity index (χ2n) is 7.88. The molecule has 2 aromatic rings. The van der Waals surface area contributed by atoms with E-state index in [-0.39, 0.29) is 23.3 Å². The number of thiazole rings is 1.